The number of hydrogen-bond donors (Lipinski definition) is 1. The van der Waals surface area contributed by atoms with E-state index in [1.165, 1.54) is 6.07 Å². The van der Waals surface area contributed by atoms with Crippen LogP contribution in [0, 0.1) is 26.6 Å². The van der Waals surface area contributed by atoms with Crippen LogP contribution in [-0.4, -0.2) is 28.5 Å². The quantitative estimate of drug-likeness (QED) is 0.265. The van der Waals surface area contributed by atoms with E-state index in [2.05, 4.69) is 37.2 Å². The van der Waals surface area contributed by atoms with Gasteiger partial charge in [-0.05, 0) is 105 Å². The molecule has 0 aromatic heterocycles. The molecule has 3 amide bonds. The minimum atomic E-state index is -0.542. The molecule has 0 aliphatic carbocycles. The molecule has 0 radical (unpaired) electrons. The van der Waals surface area contributed by atoms with Gasteiger partial charge in [0.2, 0.25) is 5.91 Å². The van der Waals surface area contributed by atoms with E-state index in [0.717, 1.165) is 33.4 Å². The van der Waals surface area contributed by atoms with E-state index < -0.39 is 17.1 Å². The summed E-state index contributed by atoms with van der Waals surface area (Å²) >= 11 is 7.69. The predicted octanol–water partition coefficient (Wildman–Crippen LogP) is 7.53. The first-order valence-electron chi connectivity index (χ1n) is 11.5. The monoisotopic (exact) mass is 660 g/mol. The molecule has 10 heteroatoms. The van der Waals surface area contributed by atoms with Gasteiger partial charge in [0.25, 0.3) is 11.1 Å². The lowest BCUT2D eigenvalue weighted by Crippen LogP contribution is -2.36. The number of hydrogen-bond acceptors (Lipinski definition) is 5. The first-order valence-corrected chi connectivity index (χ1v) is 13.9. The van der Waals surface area contributed by atoms with Gasteiger partial charge in [0.05, 0.1) is 13.9 Å². The average molecular weight is 662 g/mol. The Labute approximate surface area is 240 Å². The molecule has 38 heavy (non-hydrogen) atoms. The van der Waals surface area contributed by atoms with Crippen LogP contribution < -0.4 is 10.1 Å². The van der Waals surface area contributed by atoms with Gasteiger partial charge in [0.15, 0.2) is 0 Å². The second-order valence-corrected chi connectivity index (χ2v) is 11.5. The zero-order valence-corrected chi connectivity index (χ0v) is 24.7. The summed E-state index contributed by atoms with van der Waals surface area (Å²) in [6, 6.07) is 13.7. The third-order valence-corrected chi connectivity index (χ3v) is 7.85. The minimum Gasteiger partial charge on any atom is -0.486 e. The molecular weight excluding hydrogens is 639 g/mol. The second kappa shape index (κ2) is 11.8. The molecule has 3 aromatic rings. The van der Waals surface area contributed by atoms with Gasteiger partial charge in [0, 0.05) is 11.3 Å². The van der Waals surface area contributed by atoms with Gasteiger partial charge in [0.1, 0.15) is 24.7 Å². The lowest BCUT2D eigenvalue weighted by Gasteiger charge is -2.16. The predicted molar refractivity (Wildman–Crippen MR) is 155 cm³/mol. The van der Waals surface area contributed by atoms with E-state index in [1.54, 1.807) is 36.4 Å². The molecule has 0 spiro atoms. The second-order valence-electron chi connectivity index (χ2n) is 8.78. The maximum atomic E-state index is 13.9. The summed E-state index contributed by atoms with van der Waals surface area (Å²) in [6.07, 6.45) is 1.58. The summed E-state index contributed by atoms with van der Waals surface area (Å²) in [5.74, 6) is -0.883. The fraction of sp³-hybridized carbons (Fsp3) is 0.179. The van der Waals surface area contributed by atoms with Crippen molar-refractivity contribution in [2.45, 2.75) is 27.4 Å². The molecule has 1 aliphatic heterocycles. The molecule has 4 rings (SSSR count). The minimum absolute atomic E-state index is 0.0335. The molecule has 196 valence electrons. The molecule has 0 saturated carbocycles. The molecule has 1 heterocycles. The van der Waals surface area contributed by atoms with Crippen molar-refractivity contribution in [3.8, 4) is 5.75 Å². The molecule has 6 nitrogen and oxygen atoms in total. The molecule has 1 aliphatic rings. The first-order chi connectivity index (χ1) is 18.0. The van der Waals surface area contributed by atoms with Crippen LogP contribution in [0.4, 0.5) is 14.9 Å². The smallest absolute Gasteiger partial charge is 0.294 e. The van der Waals surface area contributed by atoms with Crippen molar-refractivity contribution < 1.29 is 23.5 Å². The molecule has 0 bridgehead atoms. The van der Waals surface area contributed by atoms with Crippen molar-refractivity contribution in [1.29, 1.82) is 0 Å². The number of ether oxygens (including phenoxy) is 1. The van der Waals surface area contributed by atoms with Gasteiger partial charge in [-0.2, -0.15) is 0 Å². The Morgan fingerprint density at radius 1 is 1.05 bits per heavy atom. The first kappa shape index (κ1) is 28.1. The van der Waals surface area contributed by atoms with Gasteiger partial charge >= 0.3 is 0 Å². The molecule has 0 atom stereocenters. The Hall–Kier alpha value is -2.95. The Bertz CT molecular complexity index is 1450. The van der Waals surface area contributed by atoms with Crippen LogP contribution in [0.5, 0.6) is 5.75 Å². The van der Waals surface area contributed by atoms with Crippen LogP contribution in [-0.2, 0) is 16.2 Å². The van der Waals surface area contributed by atoms with Gasteiger partial charge in [-0.3, -0.25) is 19.3 Å². The Balaban J connectivity index is 1.46. The van der Waals surface area contributed by atoms with Gasteiger partial charge < -0.3 is 10.1 Å². The van der Waals surface area contributed by atoms with Gasteiger partial charge in [-0.15, -0.1) is 0 Å². The third-order valence-electron chi connectivity index (χ3n) is 5.76. The van der Waals surface area contributed by atoms with E-state index in [0.29, 0.717) is 31.5 Å². The van der Waals surface area contributed by atoms with Crippen molar-refractivity contribution in [3.63, 3.8) is 0 Å². The molecule has 1 N–H and O–H groups in total. The number of anilines is 1. The normalized spacial score (nSPS) is 14.4. The number of amides is 3. The van der Waals surface area contributed by atoms with E-state index in [4.69, 9.17) is 4.74 Å². The zero-order valence-electron chi connectivity index (χ0n) is 20.7. The van der Waals surface area contributed by atoms with Gasteiger partial charge in [-0.1, -0.05) is 35.9 Å². The SMILES string of the molecule is Cc1cc(C)c(NC(=O)CN2C(=O)S/C(=C/c3cc(Br)c(OCc4ccccc4F)c(Br)c3)C2=O)c(C)c1. The highest BCUT2D eigenvalue weighted by atomic mass is 79.9. The van der Waals surface area contributed by atoms with Crippen LogP contribution in [0.25, 0.3) is 6.08 Å². The molecular formula is C28H23Br2FN2O4S. The largest absolute Gasteiger partial charge is 0.486 e. The Morgan fingerprint density at radius 2 is 1.68 bits per heavy atom. The molecule has 0 unspecified atom stereocenters. The number of rotatable bonds is 7. The number of nitrogens with zero attached hydrogens (tertiary/aromatic N) is 1. The van der Waals surface area contributed by atoms with Crippen LogP contribution >= 0.6 is 43.6 Å². The fourth-order valence-corrected chi connectivity index (χ4v) is 6.34. The number of imide groups is 1. The maximum absolute atomic E-state index is 13.9. The number of aryl methyl sites for hydroxylation is 3. The van der Waals surface area contributed by atoms with Crippen LogP contribution in [0.15, 0.2) is 62.4 Å². The molecule has 1 fully saturated rings. The number of halogens is 3. The highest BCUT2D eigenvalue weighted by Gasteiger charge is 2.36. The van der Waals surface area contributed by atoms with Crippen LogP contribution in [0.2, 0.25) is 0 Å². The van der Waals surface area contributed by atoms with E-state index in [-0.39, 0.29) is 23.9 Å². The van der Waals surface area contributed by atoms with Crippen molar-refractivity contribution in [2.75, 3.05) is 11.9 Å². The fourth-order valence-electron chi connectivity index (χ4n) is 4.05. The van der Waals surface area contributed by atoms with Crippen LogP contribution in [0.3, 0.4) is 0 Å². The lowest BCUT2D eigenvalue weighted by molar-refractivity contribution is -0.127. The number of thioether (sulfide) groups is 1. The number of carbonyl (C=O) groups is 3. The topological polar surface area (TPSA) is 75.7 Å². The summed E-state index contributed by atoms with van der Waals surface area (Å²) in [4.78, 5) is 39.4. The summed E-state index contributed by atoms with van der Waals surface area (Å²) in [5, 5.41) is 2.31. The maximum Gasteiger partial charge on any atom is 0.294 e. The van der Waals surface area contributed by atoms with Crippen molar-refractivity contribution >= 4 is 72.4 Å². The number of carbonyl (C=O) groups excluding carboxylic acids is 3. The van der Waals surface area contributed by atoms with Crippen molar-refractivity contribution in [2.24, 2.45) is 0 Å². The Morgan fingerprint density at radius 3 is 2.32 bits per heavy atom. The molecule has 1 saturated heterocycles. The Kier molecular flexibility index (Phi) is 8.74. The molecule has 3 aromatic carbocycles. The zero-order chi connectivity index (χ0) is 27.6. The van der Waals surface area contributed by atoms with E-state index in [1.807, 2.05) is 32.9 Å². The summed E-state index contributed by atoms with van der Waals surface area (Å²) in [5.41, 5.74) is 4.61. The lowest BCUT2D eigenvalue weighted by atomic mass is 10.1. The number of nitrogens with one attached hydrogen (secondary N) is 1. The summed E-state index contributed by atoms with van der Waals surface area (Å²) in [6.45, 7) is 5.41. The third kappa shape index (κ3) is 6.36. The van der Waals surface area contributed by atoms with E-state index in [9.17, 15) is 18.8 Å². The highest BCUT2D eigenvalue weighted by Crippen LogP contribution is 2.38. The van der Waals surface area contributed by atoms with Crippen molar-refractivity contribution in [1.82, 2.24) is 4.90 Å². The van der Waals surface area contributed by atoms with Crippen LogP contribution in [0.1, 0.15) is 27.8 Å². The van der Waals surface area contributed by atoms with Crippen molar-refractivity contribution in [3.05, 3.63) is 96.0 Å². The summed E-state index contributed by atoms with van der Waals surface area (Å²) in [7, 11) is 0. The number of benzene rings is 3. The standard InChI is InChI=1S/C28H23Br2FN2O4S/c1-15-8-16(2)25(17(3)9-15)32-24(34)13-33-27(35)23(38-28(33)36)12-18-10-20(29)26(21(30)11-18)37-14-19-6-4-5-7-22(19)31/h4-12H,13-14H2,1-3H3,(H,32,34)/b23-12+. The average Bonchev–Trinajstić information content (AvgIpc) is 3.09. The highest BCUT2D eigenvalue weighted by molar-refractivity contribution is 9.11. The summed E-state index contributed by atoms with van der Waals surface area (Å²) < 4.78 is 20.9. The van der Waals surface area contributed by atoms with Gasteiger partial charge in [-0.25, -0.2) is 4.39 Å². The van der Waals surface area contributed by atoms with E-state index >= 15 is 0 Å².